The average Bonchev–Trinajstić information content (AvgIpc) is 2.46. The molecule has 2 aromatic rings. The summed E-state index contributed by atoms with van der Waals surface area (Å²) >= 11 is 0. The molecule has 1 unspecified atom stereocenters. The van der Waals surface area contributed by atoms with Crippen LogP contribution in [0.15, 0.2) is 47.4 Å². The highest BCUT2D eigenvalue weighted by Crippen LogP contribution is 2.31. The smallest absolute Gasteiger partial charge is 0.294 e. The van der Waals surface area contributed by atoms with Crippen LogP contribution in [0.1, 0.15) is 17.2 Å². The van der Waals surface area contributed by atoms with Crippen LogP contribution in [0.5, 0.6) is 11.5 Å². The van der Waals surface area contributed by atoms with Gasteiger partial charge in [0.15, 0.2) is 0 Å². The summed E-state index contributed by atoms with van der Waals surface area (Å²) in [6.07, 6.45) is -1.24. The van der Waals surface area contributed by atoms with Gasteiger partial charge in [-0.3, -0.25) is 4.55 Å². The molecule has 0 amide bonds. The molecule has 112 valence electrons. The van der Waals surface area contributed by atoms with Crippen molar-refractivity contribution in [3.63, 3.8) is 0 Å². The summed E-state index contributed by atoms with van der Waals surface area (Å²) in [5.74, 6) is 0.326. The zero-order chi connectivity index (χ0) is 15.6. The van der Waals surface area contributed by atoms with Crippen molar-refractivity contribution in [2.45, 2.75) is 11.0 Å². The van der Waals surface area contributed by atoms with E-state index in [1.807, 2.05) is 0 Å². The first kappa shape index (κ1) is 15.3. The fourth-order valence-corrected chi connectivity index (χ4v) is 2.39. The molecular formula is C14H14O6S. The molecule has 3 N–H and O–H groups in total. The molecule has 0 heterocycles. The number of hydrogen-bond donors (Lipinski definition) is 3. The molecular weight excluding hydrogens is 296 g/mol. The predicted molar refractivity (Wildman–Crippen MR) is 75.0 cm³/mol. The highest BCUT2D eigenvalue weighted by molar-refractivity contribution is 7.85. The van der Waals surface area contributed by atoms with Gasteiger partial charge in [0.25, 0.3) is 10.1 Å². The number of aliphatic hydroxyl groups excluding tert-OH is 1. The summed E-state index contributed by atoms with van der Waals surface area (Å²) in [6.45, 7) is 0. The van der Waals surface area contributed by atoms with Crippen molar-refractivity contribution in [1.82, 2.24) is 0 Å². The van der Waals surface area contributed by atoms with Gasteiger partial charge in [-0.1, -0.05) is 12.1 Å². The molecule has 0 saturated carbocycles. The second-order valence-corrected chi connectivity index (χ2v) is 5.79. The lowest BCUT2D eigenvalue weighted by Gasteiger charge is -2.14. The van der Waals surface area contributed by atoms with E-state index in [0.29, 0.717) is 11.3 Å². The van der Waals surface area contributed by atoms with Crippen LogP contribution in [0.4, 0.5) is 0 Å². The zero-order valence-electron chi connectivity index (χ0n) is 11.1. The minimum absolute atomic E-state index is 0.0182. The van der Waals surface area contributed by atoms with Crippen molar-refractivity contribution >= 4 is 10.1 Å². The molecule has 0 aromatic heterocycles. The summed E-state index contributed by atoms with van der Waals surface area (Å²) in [6, 6.07) is 9.61. The molecule has 0 radical (unpaired) electrons. The first-order valence-corrected chi connectivity index (χ1v) is 7.39. The number of phenolic OH excluding ortho intramolecular Hbond substituents is 1. The molecule has 0 saturated heterocycles. The Morgan fingerprint density at radius 2 is 1.71 bits per heavy atom. The molecule has 7 heteroatoms. The average molecular weight is 310 g/mol. The number of methoxy groups -OCH3 is 1. The fourth-order valence-electron chi connectivity index (χ4n) is 1.88. The maximum absolute atomic E-state index is 11.1. The van der Waals surface area contributed by atoms with Gasteiger partial charge in [-0.15, -0.1) is 0 Å². The maximum Gasteiger partial charge on any atom is 0.294 e. The highest BCUT2D eigenvalue weighted by Gasteiger charge is 2.19. The van der Waals surface area contributed by atoms with Crippen molar-refractivity contribution in [3.05, 3.63) is 53.6 Å². The van der Waals surface area contributed by atoms with E-state index in [1.54, 1.807) is 24.3 Å². The van der Waals surface area contributed by atoms with Gasteiger partial charge >= 0.3 is 0 Å². The summed E-state index contributed by atoms with van der Waals surface area (Å²) in [5.41, 5.74) is 0.425. The Bertz CT molecular complexity index is 737. The molecule has 1 atom stereocenters. The van der Waals surface area contributed by atoms with Crippen molar-refractivity contribution in [1.29, 1.82) is 0 Å². The number of phenols is 1. The van der Waals surface area contributed by atoms with E-state index < -0.39 is 21.1 Å². The molecule has 0 aliphatic carbocycles. The van der Waals surface area contributed by atoms with Crippen LogP contribution < -0.4 is 4.74 Å². The number of ether oxygens (including phenoxy) is 1. The van der Waals surface area contributed by atoms with Crippen molar-refractivity contribution in [2.24, 2.45) is 0 Å². The first-order chi connectivity index (χ1) is 9.82. The van der Waals surface area contributed by atoms with E-state index in [1.165, 1.54) is 7.11 Å². The minimum atomic E-state index is -4.41. The van der Waals surface area contributed by atoms with E-state index in [2.05, 4.69) is 0 Å². The topological polar surface area (TPSA) is 104 Å². The van der Waals surface area contributed by atoms with Gasteiger partial charge in [0, 0.05) is 5.56 Å². The van der Waals surface area contributed by atoms with Crippen molar-refractivity contribution < 1.29 is 27.9 Å². The van der Waals surface area contributed by atoms with Crippen molar-refractivity contribution in [2.75, 3.05) is 7.11 Å². The van der Waals surface area contributed by atoms with Crippen LogP contribution in [0.3, 0.4) is 0 Å². The quantitative estimate of drug-likeness (QED) is 0.743. The lowest BCUT2D eigenvalue weighted by molar-refractivity contribution is 0.215. The first-order valence-electron chi connectivity index (χ1n) is 5.95. The number of aliphatic hydroxyl groups is 1. The molecule has 21 heavy (non-hydrogen) atoms. The Balaban J connectivity index is 2.44. The van der Waals surface area contributed by atoms with Gasteiger partial charge in [0.2, 0.25) is 0 Å². The molecule has 0 bridgehead atoms. The van der Waals surface area contributed by atoms with E-state index >= 15 is 0 Å². The van der Waals surface area contributed by atoms with E-state index in [4.69, 9.17) is 9.29 Å². The fraction of sp³-hybridized carbons (Fsp3) is 0.143. The lowest BCUT2D eigenvalue weighted by atomic mass is 10.0. The van der Waals surface area contributed by atoms with Crippen LogP contribution in [-0.4, -0.2) is 30.3 Å². The largest absolute Gasteiger partial charge is 0.508 e. The Hall–Kier alpha value is -2.09. The molecule has 6 nitrogen and oxygen atoms in total. The third-order valence-electron chi connectivity index (χ3n) is 3.02. The molecule has 0 aliphatic heterocycles. The SMILES string of the molecule is COc1ccc(C(O)c2cc(S(=O)(=O)O)ccc2O)cc1. The number of benzene rings is 2. The lowest BCUT2D eigenvalue weighted by Crippen LogP contribution is -2.04. The zero-order valence-corrected chi connectivity index (χ0v) is 11.9. The molecule has 0 fully saturated rings. The minimum Gasteiger partial charge on any atom is -0.508 e. The second-order valence-electron chi connectivity index (χ2n) is 4.37. The number of aromatic hydroxyl groups is 1. The summed E-state index contributed by atoms with van der Waals surface area (Å²) < 4.78 is 36.2. The van der Waals surface area contributed by atoms with Gasteiger partial charge in [-0.2, -0.15) is 8.42 Å². The standard InChI is InChI=1S/C14H14O6S/c1-20-10-4-2-9(3-5-10)14(16)12-8-11(21(17,18)19)6-7-13(12)15/h2-8,14-16H,1H3,(H,17,18,19). The van der Waals surface area contributed by atoms with Crippen LogP contribution in [-0.2, 0) is 10.1 Å². The van der Waals surface area contributed by atoms with E-state index in [0.717, 1.165) is 18.2 Å². The molecule has 0 spiro atoms. The van der Waals surface area contributed by atoms with E-state index in [9.17, 15) is 18.6 Å². The monoisotopic (exact) mass is 310 g/mol. The molecule has 2 rings (SSSR count). The Morgan fingerprint density at radius 3 is 2.24 bits per heavy atom. The van der Waals surface area contributed by atoms with Gasteiger partial charge in [0.05, 0.1) is 12.0 Å². The Kier molecular flexibility index (Phi) is 4.17. The van der Waals surface area contributed by atoms with Gasteiger partial charge in [-0.05, 0) is 35.9 Å². The third-order valence-corrected chi connectivity index (χ3v) is 3.87. The second kappa shape index (κ2) is 5.72. The molecule has 0 aliphatic rings. The Morgan fingerprint density at radius 1 is 1.10 bits per heavy atom. The third kappa shape index (κ3) is 3.33. The van der Waals surface area contributed by atoms with Gasteiger partial charge < -0.3 is 14.9 Å². The normalized spacial score (nSPS) is 12.9. The van der Waals surface area contributed by atoms with Crippen LogP contribution >= 0.6 is 0 Å². The van der Waals surface area contributed by atoms with Crippen LogP contribution in [0, 0.1) is 0 Å². The van der Waals surface area contributed by atoms with Gasteiger partial charge in [-0.25, -0.2) is 0 Å². The number of hydrogen-bond acceptors (Lipinski definition) is 5. The summed E-state index contributed by atoms with van der Waals surface area (Å²) in [5, 5.41) is 20.0. The van der Waals surface area contributed by atoms with Gasteiger partial charge in [0.1, 0.15) is 17.6 Å². The molecule has 2 aromatic carbocycles. The summed E-state index contributed by atoms with van der Waals surface area (Å²) in [4.78, 5) is -0.400. The van der Waals surface area contributed by atoms with E-state index in [-0.39, 0.29) is 11.3 Å². The number of rotatable bonds is 4. The summed E-state index contributed by atoms with van der Waals surface area (Å²) in [7, 11) is -2.90. The van der Waals surface area contributed by atoms with Crippen molar-refractivity contribution in [3.8, 4) is 11.5 Å². The maximum atomic E-state index is 11.1. The Labute approximate surface area is 122 Å². The van der Waals surface area contributed by atoms with Crippen LogP contribution in [0.2, 0.25) is 0 Å². The predicted octanol–water partition coefficient (Wildman–Crippen LogP) is 1.73. The van der Waals surface area contributed by atoms with Crippen LogP contribution in [0.25, 0.3) is 0 Å². The highest BCUT2D eigenvalue weighted by atomic mass is 32.2.